The van der Waals surface area contributed by atoms with Gasteiger partial charge in [0.05, 0.1) is 14.2 Å². The molecule has 0 aliphatic rings. The second-order valence-electron chi connectivity index (χ2n) is 3.63. The van der Waals surface area contributed by atoms with Crippen LogP contribution in [-0.4, -0.2) is 24.2 Å². The number of ether oxygens (including phenoxy) is 2. The van der Waals surface area contributed by atoms with Crippen molar-refractivity contribution in [1.82, 2.24) is 9.97 Å². The number of rotatable bonds is 4. The molecule has 6 nitrogen and oxygen atoms in total. The normalized spacial score (nSPS) is 10.1. The van der Waals surface area contributed by atoms with Gasteiger partial charge in [0.1, 0.15) is 5.82 Å². The summed E-state index contributed by atoms with van der Waals surface area (Å²) >= 11 is 0. The zero-order valence-electron chi connectivity index (χ0n) is 10.5. The Balaban J connectivity index is 2.25. The van der Waals surface area contributed by atoms with Gasteiger partial charge in [-0.3, -0.25) is 0 Å². The molecule has 1 heterocycles. The molecule has 0 fully saturated rings. The number of nitrogens with one attached hydrogen (secondary N) is 1. The summed E-state index contributed by atoms with van der Waals surface area (Å²) in [5.41, 5.74) is 6.04. The minimum atomic E-state index is -0.471. The molecule has 0 radical (unpaired) electrons. The second-order valence-corrected chi connectivity index (χ2v) is 3.63. The molecule has 0 aliphatic carbocycles. The van der Waals surface area contributed by atoms with Gasteiger partial charge >= 0.3 is 0 Å². The Hall–Kier alpha value is -2.57. The lowest BCUT2D eigenvalue weighted by atomic mass is 10.3. The van der Waals surface area contributed by atoms with E-state index in [2.05, 4.69) is 15.3 Å². The fraction of sp³-hybridized carbons (Fsp3) is 0.167. The summed E-state index contributed by atoms with van der Waals surface area (Å²) in [5, 5.41) is 2.90. The number of benzene rings is 1. The van der Waals surface area contributed by atoms with E-state index in [-0.39, 0.29) is 11.7 Å². The lowest BCUT2D eigenvalue weighted by Crippen LogP contribution is -2.02. The summed E-state index contributed by atoms with van der Waals surface area (Å²) < 4.78 is 23.3. The van der Waals surface area contributed by atoms with Gasteiger partial charge in [0.15, 0.2) is 11.6 Å². The average Bonchev–Trinajstić information content (AvgIpc) is 2.38. The van der Waals surface area contributed by atoms with Crippen LogP contribution in [0.4, 0.5) is 21.8 Å². The minimum Gasteiger partial charge on any atom is -0.494 e. The van der Waals surface area contributed by atoms with Gasteiger partial charge in [-0.25, -0.2) is 4.39 Å². The van der Waals surface area contributed by atoms with Crippen LogP contribution in [0, 0.1) is 5.82 Å². The van der Waals surface area contributed by atoms with Gasteiger partial charge in [-0.05, 0) is 12.1 Å². The monoisotopic (exact) mass is 264 g/mol. The number of halogens is 1. The summed E-state index contributed by atoms with van der Waals surface area (Å²) in [6, 6.07) is 6.02. The Labute approximate surface area is 109 Å². The maximum absolute atomic E-state index is 13.5. The molecule has 19 heavy (non-hydrogen) atoms. The highest BCUT2D eigenvalue weighted by Crippen LogP contribution is 2.24. The van der Waals surface area contributed by atoms with Gasteiger partial charge in [0, 0.05) is 17.8 Å². The first-order valence-corrected chi connectivity index (χ1v) is 5.41. The Morgan fingerprint density at radius 1 is 1.16 bits per heavy atom. The molecule has 0 saturated heterocycles. The van der Waals surface area contributed by atoms with E-state index in [4.69, 9.17) is 15.2 Å². The molecule has 0 unspecified atom stereocenters. The van der Waals surface area contributed by atoms with Crippen molar-refractivity contribution in [3.05, 3.63) is 30.1 Å². The predicted octanol–water partition coefficient (Wildman–Crippen LogP) is 1.96. The highest BCUT2D eigenvalue weighted by molar-refractivity contribution is 5.59. The van der Waals surface area contributed by atoms with Crippen LogP contribution in [0.15, 0.2) is 24.3 Å². The molecule has 7 heteroatoms. The fourth-order valence-corrected chi connectivity index (χ4v) is 1.50. The van der Waals surface area contributed by atoms with Crippen molar-refractivity contribution in [1.29, 1.82) is 0 Å². The SMILES string of the molecule is COc1cc(Nc2ccc(OC)c(F)c2)nc(N)n1. The van der Waals surface area contributed by atoms with E-state index in [1.165, 1.54) is 26.4 Å². The summed E-state index contributed by atoms with van der Waals surface area (Å²) in [7, 11) is 2.88. The Morgan fingerprint density at radius 3 is 2.58 bits per heavy atom. The standard InChI is InChI=1S/C12H13FN4O2/c1-18-9-4-3-7(5-8(9)13)15-10-6-11(19-2)17-12(14)16-10/h3-6H,1-2H3,(H3,14,15,16,17). The minimum absolute atomic E-state index is 0.0656. The van der Waals surface area contributed by atoms with Crippen LogP contribution in [-0.2, 0) is 0 Å². The quantitative estimate of drug-likeness (QED) is 0.878. The van der Waals surface area contributed by atoms with E-state index in [0.717, 1.165) is 0 Å². The molecule has 1 aromatic heterocycles. The van der Waals surface area contributed by atoms with Crippen molar-refractivity contribution >= 4 is 17.5 Å². The van der Waals surface area contributed by atoms with E-state index >= 15 is 0 Å². The van der Waals surface area contributed by atoms with Crippen LogP contribution in [0.25, 0.3) is 0 Å². The summed E-state index contributed by atoms with van der Waals surface area (Å²) in [5.74, 6) is 0.501. The molecule has 0 spiro atoms. The molecular formula is C12H13FN4O2. The van der Waals surface area contributed by atoms with E-state index in [9.17, 15) is 4.39 Å². The maximum atomic E-state index is 13.5. The summed E-state index contributed by atoms with van der Waals surface area (Å²) in [6.45, 7) is 0. The van der Waals surface area contributed by atoms with Crippen molar-refractivity contribution in [3.8, 4) is 11.6 Å². The Kier molecular flexibility index (Phi) is 3.65. The van der Waals surface area contributed by atoms with E-state index < -0.39 is 5.82 Å². The number of nitrogen functional groups attached to an aromatic ring is 1. The first kappa shape index (κ1) is 12.9. The third-order valence-electron chi connectivity index (χ3n) is 2.35. The van der Waals surface area contributed by atoms with Crippen LogP contribution in [0.3, 0.4) is 0 Å². The number of aromatic nitrogens is 2. The average molecular weight is 264 g/mol. The third-order valence-corrected chi connectivity index (χ3v) is 2.35. The molecule has 0 atom stereocenters. The summed E-state index contributed by atoms with van der Waals surface area (Å²) in [4.78, 5) is 7.82. The first-order chi connectivity index (χ1) is 9.12. The van der Waals surface area contributed by atoms with Crippen molar-refractivity contribution in [2.75, 3.05) is 25.3 Å². The van der Waals surface area contributed by atoms with Gasteiger partial charge in [-0.2, -0.15) is 9.97 Å². The second kappa shape index (κ2) is 5.38. The first-order valence-electron chi connectivity index (χ1n) is 5.41. The number of nitrogens with two attached hydrogens (primary N) is 1. The molecule has 3 N–H and O–H groups in total. The van der Waals surface area contributed by atoms with Gasteiger partial charge in [-0.1, -0.05) is 0 Å². The Bertz CT molecular complexity index is 592. The predicted molar refractivity (Wildman–Crippen MR) is 69.2 cm³/mol. The largest absolute Gasteiger partial charge is 0.494 e. The van der Waals surface area contributed by atoms with Crippen LogP contribution in [0.2, 0.25) is 0 Å². The number of nitrogens with zero attached hydrogens (tertiary/aromatic N) is 2. The third kappa shape index (κ3) is 3.01. The van der Waals surface area contributed by atoms with E-state index in [1.807, 2.05) is 0 Å². The van der Waals surface area contributed by atoms with Gasteiger partial charge in [0.2, 0.25) is 11.8 Å². The van der Waals surface area contributed by atoms with Crippen LogP contribution >= 0.6 is 0 Å². The van der Waals surface area contributed by atoms with Crippen molar-refractivity contribution in [3.63, 3.8) is 0 Å². The van der Waals surface area contributed by atoms with Crippen molar-refractivity contribution in [2.45, 2.75) is 0 Å². The molecule has 0 bridgehead atoms. The number of methoxy groups -OCH3 is 2. The molecule has 100 valence electrons. The lowest BCUT2D eigenvalue weighted by Gasteiger charge is -2.09. The molecule has 2 rings (SSSR count). The highest BCUT2D eigenvalue weighted by Gasteiger charge is 2.06. The van der Waals surface area contributed by atoms with Crippen LogP contribution in [0.1, 0.15) is 0 Å². The zero-order valence-corrected chi connectivity index (χ0v) is 10.5. The molecular weight excluding hydrogens is 251 g/mol. The van der Waals surface area contributed by atoms with Crippen LogP contribution in [0.5, 0.6) is 11.6 Å². The van der Waals surface area contributed by atoms with Crippen LogP contribution < -0.4 is 20.5 Å². The molecule has 2 aromatic rings. The van der Waals surface area contributed by atoms with Crippen molar-refractivity contribution < 1.29 is 13.9 Å². The molecule has 1 aromatic carbocycles. The molecule has 0 saturated carbocycles. The summed E-state index contributed by atoms with van der Waals surface area (Å²) in [6.07, 6.45) is 0. The van der Waals surface area contributed by atoms with Gasteiger partial charge in [-0.15, -0.1) is 0 Å². The topological polar surface area (TPSA) is 82.3 Å². The van der Waals surface area contributed by atoms with Gasteiger partial charge < -0.3 is 20.5 Å². The molecule has 0 aliphatic heterocycles. The van der Waals surface area contributed by atoms with E-state index in [1.54, 1.807) is 12.1 Å². The highest BCUT2D eigenvalue weighted by atomic mass is 19.1. The smallest absolute Gasteiger partial charge is 0.225 e. The zero-order chi connectivity index (χ0) is 13.8. The van der Waals surface area contributed by atoms with Crippen molar-refractivity contribution in [2.24, 2.45) is 0 Å². The number of hydrogen-bond acceptors (Lipinski definition) is 6. The fourth-order valence-electron chi connectivity index (χ4n) is 1.50. The lowest BCUT2D eigenvalue weighted by molar-refractivity contribution is 0.386. The number of hydrogen-bond donors (Lipinski definition) is 2. The Morgan fingerprint density at radius 2 is 1.95 bits per heavy atom. The maximum Gasteiger partial charge on any atom is 0.225 e. The molecule has 0 amide bonds. The van der Waals surface area contributed by atoms with Gasteiger partial charge in [0.25, 0.3) is 0 Å². The number of anilines is 3. The van der Waals surface area contributed by atoms with E-state index in [0.29, 0.717) is 17.4 Å².